The highest BCUT2D eigenvalue weighted by molar-refractivity contribution is 8.04. The number of nitrogens with zero attached hydrogens (tertiary/aromatic N) is 1. The van der Waals surface area contributed by atoms with E-state index >= 15 is 0 Å². The molecule has 0 saturated heterocycles. The van der Waals surface area contributed by atoms with Gasteiger partial charge in [-0.3, -0.25) is 0 Å². The standard InChI is InChI=1S/C17H13F3N2O2S2/c1-25-16(22-13-7-5-6-12(10-13)17(18,19)20)15(11-21)26(23,24)14-8-3-2-4-9-14/h2-10,22H,1H3/b16-15-. The van der Waals surface area contributed by atoms with Crippen LogP contribution in [-0.4, -0.2) is 14.7 Å². The lowest BCUT2D eigenvalue weighted by molar-refractivity contribution is -0.137. The number of sulfone groups is 1. The highest BCUT2D eigenvalue weighted by Gasteiger charge is 2.31. The number of nitrogens with one attached hydrogen (secondary N) is 1. The second-order valence-corrected chi connectivity index (χ2v) is 7.70. The lowest BCUT2D eigenvalue weighted by Gasteiger charge is -2.13. The van der Waals surface area contributed by atoms with Crippen molar-refractivity contribution in [3.8, 4) is 6.07 Å². The summed E-state index contributed by atoms with van der Waals surface area (Å²) in [5.74, 6) is 0. The summed E-state index contributed by atoms with van der Waals surface area (Å²) >= 11 is 0.918. The summed E-state index contributed by atoms with van der Waals surface area (Å²) in [7, 11) is -4.11. The Morgan fingerprint density at radius 1 is 1.12 bits per heavy atom. The number of hydrogen-bond acceptors (Lipinski definition) is 5. The second kappa shape index (κ2) is 7.85. The van der Waals surface area contributed by atoms with Crippen LogP contribution >= 0.6 is 11.8 Å². The van der Waals surface area contributed by atoms with Crippen molar-refractivity contribution in [3.63, 3.8) is 0 Å². The monoisotopic (exact) mass is 398 g/mol. The third kappa shape index (κ3) is 4.39. The number of hydrogen-bond donors (Lipinski definition) is 1. The van der Waals surface area contributed by atoms with Gasteiger partial charge in [0.15, 0.2) is 4.91 Å². The van der Waals surface area contributed by atoms with Crippen LogP contribution in [0.5, 0.6) is 0 Å². The molecular formula is C17H13F3N2O2S2. The minimum atomic E-state index is -4.53. The van der Waals surface area contributed by atoms with E-state index in [1.54, 1.807) is 12.1 Å². The highest BCUT2D eigenvalue weighted by atomic mass is 32.2. The van der Waals surface area contributed by atoms with Crippen LogP contribution in [0.15, 0.2) is 69.4 Å². The Labute approximate surface area is 153 Å². The predicted molar refractivity (Wildman–Crippen MR) is 94.8 cm³/mol. The summed E-state index contributed by atoms with van der Waals surface area (Å²) in [5.41, 5.74) is -0.854. The Kier molecular flexibility index (Phi) is 6.00. The van der Waals surface area contributed by atoms with Gasteiger partial charge in [0, 0.05) is 5.69 Å². The van der Waals surface area contributed by atoms with Crippen molar-refractivity contribution in [2.75, 3.05) is 11.6 Å². The Balaban J connectivity index is 2.50. The van der Waals surface area contributed by atoms with Crippen LogP contribution < -0.4 is 5.32 Å². The maximum Gasteiger partial charge on any atom is 0.416 e. The lowest BCUT2D eigenvalue weighted by Crippen LogP contribution is -2.10. The molecule has 0 aromatic heterocycles. The molecule has 9 heteroatoms. The van der Waals surface area contributed by atoms with Crippen molar-refractivity contribution in [1.29, 1.82) is 5.26 Å². The Morgan fingerprint density at radius 3 is 2.31 bits per heavy atom. The van der Waals surface area contributed by atoms with Crippen molar-refractivity contribution in [2.45, 2.75) is 11.1 Å². The summed E-state index contributed by atoms with van der Waals surface area (Å²) in [5, 5.41) is 11.9. The number of thioether (sulfide) groups is 1. The fraction of sp³-hybridized carbons (Fsp3) is 0.118. The topological polar surface area (TPSA) is 70.0 Å². The molecule has 0 fully saturated rings. The molecule has 0 aliphatic heterocycles. The minimum absolute atomic E-state index is 0.0280. The van der Waals surface area contributed by atoms with Crippen LogP contribution in [0.1, 0.15) is 5.56 Å². The number of allylic oxidation sites excluding steroid dienone is 1. The summed E-state index contributed by atoms with van der Waals surface area (Å²) in [6, 6.07) is 13.3. The molecule has 0 unspecified atom stereocenters. The van der Waals surface area contributed by atoms with Crippen LogP contribution in [0.25, 0.3) is 0 Å². The zero-order valence-corrected chi connectivity index (χ0v) is 15.0. The van der Waals surface area contributed by atoms with Crippen LogP contribution in [-0.2, 0) is 16.0 Å². The van der Waals surface area contributed by atoms with E-state index in [1.807, 2.05) is 0 Å². The Morgan fingerprint density at radius 2 is 1.77 bits per heavy atom. The number of rotatable bonds is 5. The zero-order chi connectivity index (χ0) is 19.4. The van der Waals surface area contributed by atoms with E-state index in [1.165, 1.54) is 42.7 Å². The molecule has 2 aromatic carbocycles. The molecule has 136 valence electrons. The van der Waals surface area contributed by atoms with Crippen LogP contribution in [0.4, 0.5) is 18.9 Å². The van der Waals surface area contributed by atoms with Gasteiger partial charge in [-0.15, -0.1) is 11.8 Å². The average molecular weight is 398 g/mol. The van der Waals surface area contributed by atoms with E-state index in [2.05, 4.69) is 5.32 Å². The fourth-order valence-electron chi connectivity index (χ4n) is 2.06. The maximum atomic E-state index is 12.8. The van der Waals surface area contributed by atoms with Crippen LogP contribution in [0.2, 0.25) is 0 Å². The normalized spacial score (nSPS) is 12.9. The van der Waals surface area contributed by atoms with Gasteiger partial charge in [0.05, 0.1) is 10.5 Å². The molecule has 0 spiro atoms. The number of halogens is 3. The van der Waals surface area contributed by atoms with Crippen molar-refractivity contribution in [1.82, 2.24) is 0 Å². The average Bonchev–Trinajstić information content (AvgIpc) is 2.61. The molecule has 0 aliphatic rings. The summed E-state index contributed by atoms with van der Waals surface area (Å²) in [4.78, 5) is -0.637. The molecule has 2 aromatic rings. The van der Waals surface area contributed by atoms with Crippen LogP contribution in [0.3, 0.4) is 0 Å². The van der Waals surface area contributed by atoms with Crippen molar-refractivity contribution < 1.29 is 21.6 Å². The number of benzene rings is 2. The van der Waals surface area contributed by atoms with Gasteiger partial charge in [0.25, 0.3) is 0 Å². The van der Waals surface area contributed by atoms with E-state index in [0.29, 0.717) is 0 Å². The smallest absolute Gasteiger partial charge is 0.349 e. The number of alkyl halides is 3. The van der Waals surface area contributed by atoms with Crippen molar-refractivity contribution in [2.24, 2.45) is 0 Å². The Hall–Kier alpha value is -2.44. The van der Waals surface area contributed by atoms with Gasteiger partial charge < -0.3 is 5.32 Å². The molecule has 0 atom stereocenters. The van der Waals surface area contributed by atoms with E-state index in [9.17, 15) is 26.9 Å². The van der Waals surface area contributed by atoms with Gasteiger partial charge in [0.1, 0.15) is 11.1 Å². The molecular weight excluding hydrogens is 385 g/mol. The molecule has 0 radical (unpaired) electrons. The molecule has 0 bridgehead atoms. The summed E-state index contributed by atoms with van der Waals surface area (Å²) in [6.07, 6.45) is -3.01. The molecule has 0 heterocycles. The molecule has 0 aliphatic carbocycles. The van der Waals surface area contributed by atoms with Crippen molar-refractivity contribution >= 4 is 27.3 Å². The first kappa shape index (κ1) is 19.9. The first-order chi connectivity index (χ1) is 12.2. The summed E-state index contributed by atoms with van der Waals surface area (Å²) in [6.45, 7) is 0. The lowest BCUT2D eigenvalue weighted by atomic mass is 10.2. The third-order valence-corrected chi connectivity index (χ3v) is 5.85. The maximum absolute atomic E-state index is 12.8. The highest BCUT2D eigenvalue weighted by Crippen LogP contribution is 2.32. The molecule has 2 rings (SSSR count). The quantitative estimate of drug-likeness (QED) is 0.743. The molecule has 0 amide bonds. The van der Waals surface area contributed by atoms with Gasteiger partial charge in [-0.1, -0.05) is 24.3 Å². The van der Waals surface area contributed by atoms with E-state index in [-0.39, 0.29) is 15.6 Å². The van der Waals surface area contributed by atoms with Gasteiger partial charge in [0.2, 0.25) is 9.84 Å². The van der Waals surface area contributed by atoms with E-state index in [4.69, 9.17) is 0 Å². The Bertz CT molecular complexity index is 963. The SMILES string of the molecule is CS/C(Nc1cccc(C(F)(F)F)c1)=C(/C#N)S(=O)(=O)c1ccccc1. The predicted octanol–water partition coefficient (Wildman–Crippen LogP) is 4.65. The number of anilines is 1. The molecule has 1 N–H and O–H groups in total. The fourth-order valence-corrected chi connectivity index (χ4v) is 4.25. The van der Waals surface area contributed by atoms with Gasteiger partial charge in [-0.05, 0) is 36.6 Å². The van der Waals surface area contributed by atoms with E-state index < -0.39 is 26.5 Å². The summed E-state index contributed by atoms with van der Waals surface area (Å²) < 4.78 is 63.8. The van der Waals surface area contributed by atoms with E-state index in [0.717, 1.165) is 23.9 Å². The molecule has 0 saturated carbocycles. The number of nitriles is 1. The largest absolute Gasteiger partial charge is 0.416 e. The van der Waals surface area contributed by atoms with Gasteiger partial charge >= 0.3 is 6.18 Å². The second-order valence-electron chi connectivity index (χ2n) is 4.99. The van der Waals surface area contributed by atoms with Gasteiger partial charge in [-0.25, -0.2) is 8.42 Å². The van der Waals surface area contributed by atoms with Crippen molar-refractivity contribution in [3.05, 3.63) is 70.1 Å². The molecule has 4 nitrogen and oxygen atoms in total. The van der Waals surface area contributed by atoms with Crippen LogP contribution in [0, 0.1) is 11.3 Å². The first-order valence-electron chi connectivity index (χ1n) is 7.13. The third-order valence-electron chi connectivity index (χ3n) is 3.28. The van der Waals surface area contributed by atoms with Gasteiger partial charge in [-0.2, -0.15) is 18.4 Å². The molecule has 26 heavy (non-hydrogen) atoms. The first-order valence-corrected chi connectivity index (χ1v) is 9.83. The minimum Gasteiger partial charge on any atom is -0.349 e. The zero-order valence-electron chi connectivity index (χ0n) is 13.4.